The van der Waals surface area contributed by atoms with Crippen LogP contribution in [0.5, 0.6) is 0 Å². The van der Waals surface area contributed by atoms with E-state index in [4.69, 9.17) is 9.84 Å². The molecule has 0 radical (unpaired) electrons. The van der Waals surface area contributed by atoms with Crippen LogP contribution < -0.4 is 10.6 Å². The van der Waals surface area contributed by atoms with Crippen LogP contribution >= 0.6 is 12.6 Å². The van der Waals surface area contributed by atoms with Crippen LogP contribution in [0.3, 0.4) is 0 Å². The van der Waals surface area contributed by atoms with Crippen molar-refractivity contribution in [1.29, 1.82) is 0 Å². The highest BCUT2D eigenvalue weighted by atomic mass is 32.1. The van der Waals surface area contributed by atoms with Gasteiger partial charge in [-0.3, -0.25) is 4.79 Å². The maximum absolute atomic E-state index is 11.4. The molecule has 0 bridgehead atoms. The highest BCUT2D eigenvalue weighted by Gasteiger charge is 2.18. The van der Waals surface area contributed by atoms with Gasteiger partial charge in [0.25, 0.3) is 0 Å². The zero-order chi connectivity index (χ0) is 15.7. The van der Waals surface area contributed by atoms with E-state index in [1.165, 1.54) is 0 Å². The summed E-state index contributed by atoms with van der Waals surface area (Å²) in [4.78, 5) is 33.5. The van der Waals surface area contributed by atoms with Crippen LogP contribution in [0.4, 0.5) is 4.79 Å². The van der Waals surface area contributed by atoms with Crippen molar-refractivity contribution in [3.63, 3.8) is 0 Å². The number of rotatable bonds is 7. The first kappa shape index (κ1) is 16.8. The van der Waals surface area contributed by atoms with Gasteiger partial charge in [0.05, 0.1) is 0 Å². The zero-order valence-electron chi connectivity index (χ0n) is 11.1. The molecule has 1 atom stereocenters. The van der Waals surface area contributed by atoms with Crippen LogP contribution in [0, 0.1) is 0 Å². The van der Waals surface area contributed by atoms with Gasteiger partial charge >= 0.3 is 12.1 Å². The number of carbonyl (C=O) groups excluding carboxylic acids is 2. The number of carboxylic acid groups (broad SMARTS) is 1. The highest BCUT2D eigenvalue weighted by molar-refractivity contribution is 7.80. The van der Waals surface area contributed by atoms with Gasteiger partial charge in [-0.1, -0.05) is 30.3 Å². The molecule has 0 aliphatic carbocycles. The maximum atomic E-state index is 11.4. The number of aliphatic carboxylic acids is 1. The fraction of sp³-hybridized carbons (Fsp3) is 0.308. The summed E-state index contributed by atoms with van der Waals surface area (Å²) in [6.07, 6.45) is -0.758. The van der Waals surface area contributed by atoms with Crippen molar-refractivity contribution < 1.29 is 24.2 Å². The number of carbonyl (C=O) groups is 3. The Labute approximate surface area is 127 Å². The van der Waals surface area contributed by atoms with E-state index < -0.39 is 24.0 Å². The Morgan fingerprint density at radius 1 is 1.24 bits per heavy atom. The fourth-order valence-electron chi connectivity index (χ4n) is 1.36. The molecule has 0 fully saturated rings. The van der Waals surface area contributed by atoms with Gasteiger partial charge in [0.15, 0.2) is 0 Å². The Morgan fingerprint density at radius 2 is 1.90 bits per heavy atom. The molecule has 0 saturated heterocycles. The van der Waals surface area contributed by atoms with Crippen LogP contribution in [0.15, 0.2) is 30.3 Å². The summed E-state index contributed by atoms with van der Waals surface area (Å²) in [6.45, 7) is -0.284. The van der Waals surface area contributed by atoms with E-state index in [2.05, 4.69) is 23.3 Å². The van der Waals surface area contributed by atoms with Crippen molar-refractivity contribution in [2.75, 3.05) is 12.3 Å². The van der Waals surface area contributed by atoms with Gasteiger partial charge < -0.3 is 20.5 Å². The third-order valence-electron chi connectivity index (χ3n) is 2.42. The van der Waals surface area contributed by atoms with Crippen molar-refractivity contribution in [2.45, 2.75) is 12.6 Å². The molecule has 0 unspecified atom stereocenters. The summed E-state index contributed by atoms with van der Waals surface area (Å²) < 4.78 is 4.90. The largest absolute Gasteiger partial charge is 0.480 e. The molecule has 2 amide bonds. The third-order valence-corrected chi connectivity index (χ3v) is 2.79. The van der Waals surface area contributed by atoms with Crippen molar-refractivity contribution in [3.05, 3.63) is 35.9 Å². The summed E-state index contributed by atoms with van der Waals surface area (Å²) in [5.74, 6) is -1.86. The molecule has 7 nitrogen and oxygen atoms in total. The minimum absolute atomic E-state index is 0.0421. The number of ether oxygens (including phenoxy) is 1. The predicted octanol–water partition coefficient (Wildman–Crippen LogP) is 0.412. The number of carboxylic acids is 1. The molecule has 1 aromatic carbocycles. The molecule has 0 aromatic heterocycles. The van der Waals surface area contributed by atoms with Gasteiger partial charge in [0.1, 0.15) is 19.2 Å². The molecule has 8 heteroatoms. The molecule has 3 N–H and O–H groups in total. The summed E-state index contributed by atoms with van der Waals surface area (Å²) >= 11 is 3.80. The summed E-state index contributed by atoms with van der Waals surface area (Å²) in [6, 6.07) is 7.96. The van der Waals surface area contributed by atoms with Gasteiger partial charge in [-0.05, 0) is 5.56 Å². The normalized spacial score (nSPS) is 11.3. The van der Waals surface area contributed by atoms with Gasteiger partial charge in [-0.15, -0.1) is 0 Å². The number of nitrogens with one attached hydrogen (secondary N) is 2. The Hall–Kier alpha value is -2.22. The number of hydrogen-bond acceptors (Lipinski definition) is 5. The predicted molar refractivity (Wildman–Crippen MR) is 78.0 cm³/mol. The lowest BCUT2D eigenvalue weighted by Crippen LogP contribution is -2.46. The van der Waals surface area contributed by atoms with E-state index in [1.807, 2.05) is 18.2 Å². The zero-order valence-corrected chi connectivity index (χ0v) is 12.0. The first-order valence-corrected chi connectivity index (χ1v) is 6.73. The monoisotopic (exact) mass is 312 g/mol. The second kappa shape index (κ2) is 8.85. The second-order valence-electron chi connectivity index (χ2n) is 4.06. The van der Waals surface area contributed by atoms with E-state index >= 15 is 0 Å². The van der Waals surface area contributed by atoms with Crippen LogP contribution in [-0.2, 0) is 20.9 Å². The standard InChI is InChI=1S/C13H16N2O5S/c16-11(15-10(8-21)12(17)18)6-14-13(19)20-7-9-4-2-1-3-5-9/h1-5,10,21H,6-8H2,(H,14,19)(H,15,16)(H,17,18)/t10-/m0/s1. The van der Waals surface area contributed by atoms with Crippen LogP contribution in [0.1, 0.15) is 5.56 Å². The van der Waals surface area contributed by atoms with Crippen molar-refractivity contribution in [2.24, 2.45) is 0 Å². The number of thiol groups is 1. The van der Waals surface area contributed by atoms with Crippen LogP contribution in [0.2, 0.25) is 0 Å². The topological polar surface area (TPSA) is 105 Å². The van der Waals surface area contributed by atoms with Crippen LogP contribution in [0.25, 0.3) is 0 Å². The molecule has 1 aromatic rings. The lowest BCUT2D eigenvalue weighted by molar-refractivity contribution is -0.140. The molecule has 114 valence electrons. The molecule has 21 heavy (non-hydrogen) atoms. The summed E-state index contributed by atoms with van der Waals surface area (Å²) in [5, 5.41) is 13.2. The molecule has 0 aliphatic rings. The minimum Gasteiger partial charge on any atom is -0.480 e. The quantitative estimate of drug-likeness (QED) is 0.546. The molecule has 0 aliphatic heterocycles. The Kier molecular flexibility index (Phi) is 7.10. The molecule has 0 heterocycles. The number of amides is 2. The molecule has 1 rings (SSSR count). The highest BCUT2D eigenvalue weighted by Crippen LogP contribution is 2.00. The second-order valence-corrected chi connectivity index (χ2v) is 4.42. The van der Waals surface area contributed by atoms with E-state index in [1.54, 1.807) is 12.1 Å². The van der Waals surface area contributed by atoms with Crippen molar-refractivity contribution >= 4 is 30.6 Å². The van der Waals surface area contributed by atoms with E-state index in [0.29, 0.717) is 0 Å². The average Bonchev–Trinajstić information content (AvgIpc) is 2.49. The van der Waals surface area contributed by atoms with Gasteiger partial charge in [0, 0.05) is 5.75 Å². The smallest absolute Gasteiger partial charge is 0.407 e. The van der Waals surface area contributed by atoms with Gasteiger partial charge in [-0.25, -0.2) is 9.59 Å². The third kappa shape index (κ3) is 6.66. The Bertz CT molecular complexity index is 495. The molecular formula is C13H16N2O5S. The summed E-state index contributed by atoms with van der Waals surface area (Å²) in [5.41, 5.74) is 0.818. The summed E-state index contributed by atoms with van der Waals surface area (Å²) in [7, 11) is 0. The first-order valence-electron chi connectivity index (χ1n) is 6.10. The minimum atomic E-state index is -1.19. The van der Waals surface area contributed by atoms with E-state index in [0.717, 1.165) is 5.56 Å². The van der Waals surface area contributed by atoms with Crippen molar-refractivity contribution in [1.82, 2.24) is 10.6 Å². The number of benzene rings is 1. The lowest BCUT2D eigenvalue weighted by Gasteiger charge is -2.12. The van der Waals surface area contributed by atoms with Crippen LogP contribution in [-0.4, -0.2) is 41.4 Å². The number of alkyl carbamates (subject to hydrolysis) is 1. The first-order chi connectivity index (χ1) is 10.0. The molecular weight excluding hydrogens is 296 g/mol. The lowest BCUT2D eigenvalue weighted by atomic mass is 10.2. The van der Waals surface area contributed by atoms with Crippen molar-refractivity contribution in [3.8, 4) is 0 Å². The maximum Gasteiger partial charge on any atom is 0.407 e. The Balaban J connectivity index is 2.26. The fourth-order valence-corrected chi connectivity index (χ4v) is 1.60. The van der Waals surface area contributed by atoms with Gasteiger partial charge in [0.2, 0.25) is 5.91 Å². The van der Waals surface area contributed by atoms with Gasteiger partial charge in [-0.2, -0.15) is 12.6 Å². The SMILES string of the molecule is O=C(CNC(=O)OCc1ccccc1)N[C@@H](CS)C(=O)O. The Morgan fingerprint density at radius 3 is 2.48 bits per heavy atom. The molecule has 0 saturated carbocycles. The van der Waals surface area contributed by atoms with E-state index in [-0.39, 0.29) is 18.9 Å². The molecule has 0 spiro atoms. The number of hydrogen-bond donors (Lipinski definition) is 4. The average molecular weight is 312 g/mol. The van der Waals surface area contributed by atoms with E-state index in [9.17, 15) is 14.4 Å².